The van der Waals surface area contributed by atoms with Crippen LogP contribution < -0.4 is 10.1 Å². The number of likely N-dealkylation sites (tertiary alicyclic amines) is 1. The number of nitrogens with zero attached hydrogens (tertiary/aromatic N) is 3. The summed E-state index contributed by atoms with van der Waals surface area (Å²) >= 11 is 0. The van der Waals surface area contributed by atoms with E-state index in [0.717, 1.165) is 72.9 Å². The number of ether oxygens (including phenoxy) is 1. The molecule has 2 aromatic rings. The second kappa shape index (κ2) is 16.8. The summed E-state index contributed by atoms with van der Waals surface area (Å²) in [4.78, 5) is 25.7. The monoisotopic (exact) mass is 635 g/mol. The number of carbonyl (C=O) groups is 1. The fourth-order valence-corrected chi connectivity index (χ4v) is 7.14. The fraction of sp³-hybridized carbons (Fsp3) is 0.500. The van der Waals surface area contributed by atoms with Gasteiger partial charge in [-0.1, -0.05) is 57.9 Å². The summed E-state index contributed by atoms with van der Waals surface area (Å²) in [5, 5.41) is 12.5. The number of aliphatic imine (C=N–C) groups is 2. The zero-order valence-electron chi connectivity index (χ0n) is 28.8. The zero-order chi connectivity index (χ0) is 33.2. The van der Waals surface area contributed by atoms with Gasteiger partial charge in [0.1, 0.15) is 11.5 Å². The van der Waals surface area contributed by atoms with Crippen LogP contribution in [0.5, 0.6) is 11.5 Å². The largest absolute Gasteiger partial charge is 0.457 e. The number of benzene rings is 2. The zero-order valence-corrected chi connectivity index (χ0v) is 28.8. The van der Waals surface area contributed by atoms with Gasteiger partial charge in [0.05, 0.1) is 11.4 Å². The molecule has 4 atom stereocenters. The van der Waals surface area contributed by atoms with Gasteiger partial charge >= 0.3 is 0 Å². The average Bonchev–Trinajstić information content (AvgIpc) is 3.56. The van der Waals surface area contributed by atoms with Crippen molar-refractivity contribution in [1.82, 2.24) is 10.2 Å². The Kier molecular flexibility index (Phi) is 12.3. The highest BCUT2D eigenvalue weighted by atomic mass is 16.5. The van der Waals surface area contributed by atoms with Crippen molar-refractivity contribution in [3.05, 3.63) is 83.6 Å². The molecular weight excluding hydrogens is 582 g/mol. The average molecular weight is 636 g/mol. The summed E-state index contributed by atoms with van der Waals surface area (Å²) in [5.74, 6) is 2.57. The minimum Gasteiger partial charge on any atom is -0.457 e. The summed E-state index contributed by atoms with van der Waals surface area (Å²) in [7, 11) is 0. The molecule has 1 saturated heterocycles. The Balaban J connectivity index is 1.38. The molecule has 7 heteroatoms. The van der Waals surface area contributed by atoms with Crippen LogP contribution in [-0.4, -0.2) is 60.7 Å². The van der Waals surface area contributed by atoms with Gasteiger partial charge in [-0.3, -0.25) is 14.8 Å². The molecule has 0 radical (unpaired) electrons. The van der Waals surface area contributed by atoms with Gasteiger partial charge in [-0.2, -0.15) is 0 Å². The Hall–Kier alpha value is -3.84. The van der Waals surface area contributed by atoms with Gasteiger partial charge in [-0.15, -0.1) is 0 Å². The smallest absolute Gasteiger partial charge is 0.246 e. The number of hydrogen-bond donors (Lipinski definition) is 2. The van der Waals surface area contributed by atoms with Crippen molar-refractivity contribution in [2.75, 3.05) is 26.2 Å². The van der Waals surface area contributed by atoms with E-state index < -0.39 is 0 Å². The molecule has 2 aliphatic heterocycles. The molecular formula is C40H53N5O2. The third-order valence-electron chi connectivity index (χ3n) is 10.1. The molecule has 2 N–H and O–H groups in total. The normalized spacial score (nSPS) is 23.3. The molecule has 1 saturated carbocycles. The molecule has 0 spiro atoms. The third-order valence-corrected chi connectivity index (χ3v) is 10.1. The van der Waals surface area contributed by atoms with Crippen molar-refractivity contribution in [2.45, 2.75) is 78.7 Å². The molecule has 0 bridgehead atoms. The Morgan fingerprint density at radius 2 is 1.81 bits per heavy atom. The van der Waals surface area contributed by atoms with Crippen LogP contribution in [0.2, 0.25) is 0 Å². The maximum absolute atomic E-state index is 13.3. The summed E-state index contributed by atoms with van der Waals surface area (Å²) < 4.78 is 6.06. The van der Waals surface area contributed by atoms with E-state index in [1.807, 2.05) is 78.7 Å². The number of allylic oxidation sites excluding steroid dienone is 2. The van der Waals surface area contributed by atoms with E-state index in [1.165, 1.54) is 25.7 Å². The lowest BCUT2D eigenvalue weighted by molar-refractivity contribution is -0.128. The van der Waals surface area contributed by atoms with E-state index in [9.17, 15) is 4.79 Å². The van der Waals surface area contributed by atoms with Crippen molar-refractivity contribution >= 4 is 23.5 Å². The van der Waals surface area contributed by atoms with Crippen LogP contribution in [0.3, 0.4) is 0 Å². The second-order valence-electron chi connectivity index (χ2n) is 13.6. The molecule has 3 aliphatic rings. The lowest BCUT2D eigenvalue weighted by Gasteiger charge is -2.38. The maximum atomic E-state index is 13.3. The molecule has 4 unspecified atom stereocenters. The standard InChI is InChI=1S/C40H53N5O2/c1-5-28(2)25-43-39-29(3)36(32-13-12-24-45(27-32)37(46)18-11-23-42-33-14-9-10-15-33)26-44-40(38(39)30(4)41)31-19-21-35(22-20-31)47-34-16-7-6-8-17-34/h6-8,11,16-22,25,28-29,32-33,36,41-42H,5,9-10,12-15,23-24,26-27H2,1-4H3. The number of rotatable bonds is 12. The van der Waals surface area contributed by atoms with Crippen molar-refractivity contribution in [2.24, 2.45) is 33.7 Å². The number of para-hydroxylation sites is 1. The first-order valence-corrected chi connectivity index (χ1v) is 17.7. The Morgan fingerprint density at radius 3 is 2.51 bits per heavy atom. The molecule has 2 aromatic carbocycles. The molecule has 250 valence electrons. The minimum atomic E-state index is 0.0822. The van der Waals surface area contributed by atoms with Crippen LogP contribution in [0.4, 0.5) is 0 Å². The summed E-state index contributed by atoms with van der Waals surface area (Å²) in [6, 6.07) is 18.4. The predicted octanol–water partition coefficient (Wildman–Crippen LogP) is 8.27. The van der Waals surface area contributed by atoms with Gasteiger partial charge < -0.3 is 20.4 Å². The molecule has 47 heavy (non-hydrogen) atoms. The van der Waals surface area contributed by atoms with Crippen LogP contribution in [-0.2, 0) is 4.79 Å². The van der Waals surface area contributed by atoms with E-state index in [-0.39, 0.29) is 17.7 Å². The summed E-state index contributed by atoms with van der Waals surface area (Å²) in [5.41, 5.74) is 3.99. The van der Waals surface area contributed by atoms with Gasteiger partial charge in [0.15, 0.2) is 0 Å². The van der Waals surface area contributed by atoms with Crippen LogP contribution in [0.25, 0.3) is 0 Å². The van der Waals surface area contributed by atoms with Gasteiger partial charge in [0.2, 0.25) is 5.91 Å². The first-order valence-electron chi connectivity index (χ1n) is 17.7. The van der Waals surface area contributed by atoms with Gasteiger partial charge in [0, 0.05) is 67.3 Å². The first kappa shape index (κ1) is 34.5. The van der Waals surface area contributed by atoms with E-state index in [4.69, 9.17) is 20.1 Å². The molecule has 7 nitrogen and oxygen atoms in total. The van der Waals surface area contributed by atoms with Crippen molar-refractivity contribution in [3.8, 4) is 11.5 Å². The van der Waals surface area contributed by atoms with E-state index in [2.05, 4.69) is 26.1 Å². The number of carbonyl (C=O) groups excluding carboxylic acids is 1. The Labute approximate surface area is 281 Å². The van der Waals surface area contributed by atoms with Crippen LogP contribution in [0.1, 0.15) is 78.2 Å². The summed E-state index contributed by atoms with van der Waals surface area (Å²) in [6.07, 6.45) is 13.9. The Bertz CT molecular complexity index is 1470. The lowest BCUT2D eigenvalue weighted by atomic mass is 9.76. The van der Waals surface area contributed by atoms with Crippen LogP contribution >= 0.6 is 0 Å². The number of hydrogen-bond acceptors (Lipinski definition) is 6. The van der Waals surface area contributed by atoms with Gasteiger partial charge in [-0.05, 0) is 93.2 Å². The molecule has 1 aliphatic carbocycles. The predicted molar refractivity (Wildman–Crippen MR) is 194 cm³/mol. The molecule has 2 heterocycles. The van der Waals surface area contributed by atoms with E-state index in [0.29, 0.717) is 30.1 Å². The number of amides is 1. The Morgan fingerprint density at radius 1 is 1.09 bits per heavy atom. The van der Waals surface area contributed by atoms with E-state index >= 15 is 0 Å². The summed E-state index contributed by atoms with van der Waals surface area (Å²) in [6.45, 7) is 11.4. The van der Waals surface area contributed by atoms with Gasteiger partial charge in [-0.25, -0.2) is 0 Å². The van der Waals surface area contributed by atoms with E-state index in [1.54, 1.807) is 6.08 Å². The lowest BCUT2D eigenvalue weighted by Crippen LogP contribution is -2.43. The third kappa shape index (κ3) is 9.16. The van der Waals surface area contributed by atoms with Crippen molar-refractivity contribution < 1.29 is 9.53 Å². The SMILES string of the molecule is CCC(C)C=NC1=C(C(C)=N)C(c2ccc(Oc3ccccc3)cc2)=NCC(C2CCCN(C(=O)C=CCNC3CCCC3)C2)C1C. The molecule has 5 rings (SSSR count). The quantitative estimate of drug-likeness (QED) is 0.182. The molecule has 0 aromatic heterocycles. The molecule has 1 amide bonds. The van der Waals surface area contributed by atoms with Crippen molar-refractivity contribution in [3.63, 3.8) is 0 Å². The van der Waals surface area contributed by atoms with Crippen LogP contribution in [0.15, 0.2) is 88.0 Å². The second-order valence-corrected chi connectivity index (χ2v) is 13.6. The highest BCUT2D eigenvalue weighted by Crippen LogP contribution is 2.38. The fourth-order valence-electron chi connectivity index (χ4n) is 7.14. The first-order chi connectivity index (χ1) is 22.8. The maximum Gasteiger partial charge on any atom is 0.246 e. The minimum absolute atomic E-state index is 0.0822. The highest BCUT2D eigenvalue weighted by molar-refractivity contribution is 6.29. The van der Waals surface area contributed by atoms with Crippen LogP contribution in [0, 0.1) is 29.1 Å². The number of piperidine rings is 1. The van der Waals surface area contributed by atoms with Gasteiger partial charge in [0.25, 0.3) is 0 Å². The highest BCUT2D eigenvalue weighted by Gasteiger charge is 2.37. The van der Waals surface area contributed by atoms with Crippen molar-refractivity contribution in [1.29, 1.82) is 5.41 Å². The topological polar surface area (TPSA) is 90.1 Å². The number of nitrogens with one attached hydrogen (secondary N) is 2. The molecule has 2 fully saturated rings.